The average molecular weight is 454 g/mol. The fourth-order valence-corrected chi connectivity index (χ4v) is 4.42. The number of piperidine rings is 2. The minimum Gasteiger partial charge on any atom is -0.481 e. The number of amides is 3. The second kappa shape index (κ2) is 11.5. The van der Waals surface area contributed by atoms with Gasteiger partial charge in [0.25, 0.3) is 0 Å². The zero-order valence-electron chi connectivity index (χ0n) is 19.9. The Morgan fingerprint density at radius 1 is 1.12 bits per heavy atom. The molecule has 2 fully saturated rings. The molecule has 0 unspecified atom stereocenters. The first kappa shape index (κ1) is 25.9. The molecule has 2 saturated heterocycles. The molecule has 182 valence electrons. The predicted octanol–water partition coefficient (Wildman–Crippen LogP) is 2.63. The lowest BCUT2D eigenvalue weighted by molar-refractivity contribution is -0.143. The molecule has 0 aromatic rings. The van der Waals surface area contributed by atoms with Crippen LogP contribution in [0.25, 0.3) is 0 Å². The van der Waals surface area contributed by atoms with E-state index in [1.54, 1.807) is 16.7 Å². The van der Waals surface area contributed by atoms with E-state index in [2.05, 4.69) is 5.32 Å². The normalized spacial score (nSPS) is 21.2. The number of aliphatic carboxylic acids is 1. The van der Waals surface area contributed by atoms with E-state index in [4.69, 9.17) is 9.84 Å². The van der Waals surface area contributed by atoms with Crippen molar-refractivity contribution in [3.63, 3.8) is 0 Å². The minimum atomic E-state index is -0.969. The Bertz CT molecular complexity index is 682. The number of ether oxygens (including phenoxy) is 1. The third-order valence-corrected chi connectivity index (χ3v) is 6.05. The van der Waals surface area contributed by atoms with Crippen LogP contribution in [0.5, 0.6) is 0 Å². The number of carboxylic acids is 1. The van der Waals surface area contributed by atoms with Gasteiger partial charge in [0.1, 0.15) is 5.60 Å². The van der Waals surface area contributed by atoms with Gasteiger partial charge in [0, 0.05) is 31.6 Å². The molecule has 0 bridgehead atoms. The molecule has 0 radical (unpaired) electrons. The Morgan fingerprint density at radius 3 is 2.38 bits per heavy atom. The number of hydrogen-bond donors (Lipinski definition) is 2. The number of carboxylic acid groups (broad SMARTS) is 1. The lowest BCUT2D eigenvalue weighted by atomic mass is 9.85. The van der Waals surface area contributed by atoms with Gasteiger partial charge in [0.15, 0.2) is 0 Å². The molecule has 0 spiro atoms. The molecular formula is C23H39N3O6. The summed E-state index contributed by atoms with van der Waals surface area (Å²) >= 11 is 0. The highest BCUT2D eigenvalue weighted by molar-refractivity contribution is 5.86. The van der Waals surface area contributed by atoms with Crippen LogP contribution in [0.4, 0.5) is 4.79 Å². The smallest absolute Gasteiger partial charge is 0.410 e. The summed E-state index contributed by atoms with van der Waals surface area (Å²) in [6.45, 7) is 9.13. The van der Waals surface area contributed by atoms with Gasteiger partial charge >= 0.3 is 12.1 Å². The van der Waals surface area contributed by atoms with Crippen molar-refractivity contribution in [1.29, 1.82) is 0 Å². The molecule has 0 aliphatic carbocycles. The predicted molar refractivity (Wildman–Crippen MR) is 119 cm³/mol. The molecule has 9 nitrogen and oxygen atoms in total. The van der Waals surface area contributed by atoms with Gasteiger partial charge in [-0.2, -0.15) is 0 Å². The number of likely N-dealkylation sites (tertiary alicyclic amines) is 2. The van der Waals surface area contributed by atoms with E-state index in [0.717, 1.165) is 38.5 Å². The topological polar surface area (TPSA) is 116 Å². The largest absolute Gasteiger partial charge is 0.481 e. The Hall–Kier alpha value is -2.32. The second-order valence-corrected chi connectivity index (χ2v) is 10.2. The average Bonchev–Trinajstić information content (AvgIpc) is 2.67. The molecule has 32 heavy (non-hydrogen) atoms. The van der Waals surface area contributed by atoms with Crippen LogP contribution in [0.1, 0.15) is 72.6 Å². The molecule has 3 amide bonds. The summed E-state index contributed by atoms with van der Waals surface area (Å²) in [4.78, 5) is 51.4. The van der Waals surface area contributed by atoms with Crippen LogP contribution in [-0.4, -0.2) is 76.6 Å². The Balaban J connectivity index is 1.73. The molecule has 0 saturated carbocycles. The van der Waals surface area contributed by atoms with Crippen LogP contribution in [0, 0.1) is 11.8 Å². The van der Waals surface area contributed by atoms with Crippen LogP contribution >= 0.6 is 0 Å². The fraction of sp³-hybridized carbons (Fsp3) is 0.826. The summed E-state index contributed by atoms with van der Waals surface area (Å²) in [5, 5.41) is 11.5. The first-order chi connectivity index (χ1) is 14.9. The van der Waals surface area contributed by atoms with E-state index >= 15 is 0 Å². The number of hydrogen-bond acceptors (Lipinski definition) is 5. The van der Waals surface area contributed by atoms with E-state index in [1.165, 1.54) is 0 Å². The highest BCUT2D eigenvalue weighted by Crippen LogP contribution is 2.29. The third-order valence-electron chi connectivity index (χ3n) is 6.05. The quantitative estimate of drug-likeness (QED) is 0.584. The molecule has 2 atom stereocenters. The van der Waals surface area contributed by atoms with Crippen molar-refractivity contribution in [3.05, 3.63) is 0 Å². The van der Waals surface area contributed by atoms with Crippen molar-refractivity contribution < 1.29 is 29.0 Å². The van der Waals surface area contributed by atoms with E-state index in [1.807, 2.05) is 20.8 Å². The van der Waals surface area contributed by atoms with Crippen LogP contribution in [-0.2, 0) is 19.1 Å². The molecule has 2 rings (SSSR count). The van der Waals surface area contributed by atoms with Crippen molar-refractivity contribution in [2.75, 3.05) is 26.2 Å². The van der Waals surface area contributed by atoms with Crippen LogP contribution in [0.15, 0.2) is 0 Å². The van der Waals surface area contributed by atoms with Crippen molar-refractivity contribution in [1.82, 2.24) is 15.1 Å². The fourth-order valence-electron chi connectivity index (χ4n) is 4.42. The molecule has 2 N–H and O–H groups in total. The first-order valence-electron chi connectivity index (χ1n) is 11.7. The first-order valence-corrected chi connectivity index (χ1v) is 11.7. The molecule has 2 heterocycles. The minimum absolute atomic E-state index is 0.0171. The van der Waals surface area contributed by atoms with E-state index < -0.39 is 17.6 Å². The highest BCUT2D eigenvalue weighted by atomic mass is 16.6. The van der Waals surface area contributed by atoms with Crippen molar-refractivity contribution >= 4 is 23.9 Å². The summed E-state index contributed by atoms with van der Waals surface area (Å²) in [6.07, 6.45) is 4.85. The Morgan fingerprint density at radius 2 is 1.78 bits per heavy atom. The van der Waals surface area contributed by atoms with E-state index in [9.17, 15) is 19.2 Å². The Kier molecular flexibility index (Phi) is 9.33. The van der Waals surface area contributed by atoms with E-state index in [0.29, 0.717) is 25.6 Å². The van der Waals surface area contributed by atoms with Gasteiger partial charge in [0.05, 0.1) is 13.0 Å². The molecule has 2 aliphatic heterocycles. The summed E-state index contributed by atoms with van der Waals surface area (Å²) < 4.78 is 5.44. The number of nitrogens with one attached hydrogen (secondary N) is 1. The monoisotopic (exact) mass is 453 g/mol. The number of carbonyl (C=O) groups excluding carboxylic acids is 3. The van der Waals surface area contributed by atoms with Gasteiger partial charge in [-0.25, -0.2) is 4.79 Å². The zero-order valence-corrected chi connectivity index (χ0v) is 19.9. The van der Waals surface area contributed by atoms with Crippen LogP contribution in [0.3, 0.4) is 0 Å². The molecule has 2 aliphatic rings. The molecule has 0 aromatic carbocycles. The van der Waals surface area contributed by atoms with Gasteiger partial charge in [-0.15, -0.1) is 0 Å². The maximum atomic E-state index is 12.9. The molecule has 9 heteroatoms. The summed E-state index contributed by atoms with van der Waals surface area (Å²) in [6, 6.07) is -0.470. The highest BCUT2D eigenvalue weighted by Gasteiger charge is 2.32. The van der Waals surface area contributed by atoms with Gasteiger partial charge in [-0.3, -0.25) is 14.4 Å². The van der Waals surface area contributed by atoms with Crippen LogP contribution in [0.2, 0.25) is 0 Å². The van der Waals surface area contributed by atoms with Crippen molar-refractivity contribution in [2.24, 2.45) is 11.8 Å². The van der Waals surface area contributed by atoms with Gasteiger partial charge in [0.2, 0.25) is 11.8 Å². The molecule has 0 aromatic heterocycles. The van der Waals surface area contributed by atoms with E-state index in [-0.39, 0.29) is 36.8 Å². The lowest BCUT2D eigenvalue weighted by Gasteiger charge is -2.35. The number of rotatable bonds is 8. The van der Waals surface area contributed by atoms with Gasteiger partial charge in [-0.05, 0) is 72.1 Å². The second-order valence-electron chi connectivity index (χ2n) is 10.2. The summed E-state index contributed by atoms with van der Waals surface area (Å²) in [7, 11) is 0. The number of carbonyl (C=O) groups is 4. The zero-order chi connectivity index (χ0) is 23.9. The lowest BCUT2D eigenvalue weighted by Crippen LogP contribution is -2.48. The van der Waals surface area contributed by atoms with Gasteiger partial charge < -0.3 is 25.0 Å². The van der Waals surface area contributed by atoms with Crippen molar-refractivity contribution in [2.45, 2.75) is 84.3 Å². The Labute approximate surface area is 190 Å². The summed E-state index contributed by atoms with van der Waals surface area (Å²) in [5.74, 6) is -0.858. The molecular weight excluding hydrogens is 414 g/mol. The van der Waals surface area contributed by atoms with Crippen molar-refractivity contribution in [3.8, 4) is 0 Å². The SMILES string of the molecule is C[C@H](CC(=O)O)NC(=O)CN1CCC[C@@H](CCC2CCN(C(=O)OC(C)(C)C)CC2)C1=O. The maximum Gasteiger partial charge on any atom is 0.410 e. The summed E-state index contributed by atoms with van der Waals surface area (Å²) in [5.41, 5.74) is -0.494. The standard InChI is InChI=1S/C23H39N3O6/c1-16(14-20(28)29)24-19(27)15-26-11-5-6-18(21(26)30)8-7-17-9-12-25(13-10-17)22(31)32-23(2,3)4/h16-18H,5-15H2,1-4H3,(H,24,27)(H,28,29)/t16-,18+/m1/s1. The maximum absolute atomic E-state index is 12.9. The number of nitrogens with zero attached hydrogens (tertiary/aromatic N) is 2. The third kappa shape index (κ3) is 8.67. The van der Waals surface area contributed by atoms with Crippen LogP contribution < -0.4 is 5.32 Å². The van der Waals surface area contributed by atoms with Gasteiger partial charge in [-0.1, -0.05) is 0 Å².